The van der Waals surface area contributed by atoms with Gasteiger partial charge in [-0.2, -0.15) is 0 Å². The van der Waals surface area contributed by atoms with Gasteiger partial charge in [-0.05, 0) is 30.9 Å². The number of hydrogen-bond donors (Lipinski definition) is 2. The number of thiazole rings is 1. The number of nitrogens with two attached hydrogens (primary N) is 1. The van der Waals surface area contributed by atoms with E-state index in [1.807, 2.05) is 13.0 Å². The maximum absolute atomic E-state index is 12.3. The van der Waals surface area contributed by atoms with Crippen LogP contribution in [0.2, 0.25) is 0 Å². The van der Waals surface area contributed by atoms with Gasteiger partial charge in [0.2, 0.25) is 0 Å². The Kier molecular flexibility index (Phi) is 5.91. The number of rotatable bonds is 7. The zero-order chi connectivity index (χ0) is 16.9. The summed E-state index contributed by atoms with van der Waals surface area (Å²) < 4.78 is 0. The van der Waals surface area contributed by atoms with Gasteiger partial charge in [-0.15, -0.1) is 11.3 Å². The molecule has 1 aromatic heterocycles. The van der Waals surface area contributed by atoms with Gasteiger partial charge in [-0.1, -0.05) is 44.2 Å². The van der Waals surface area contributed by atoms with Crippen LogP contribution in [0.1, 0.15) is 48.3 Å². The van der Waals surface area contributed by atoms with Crippen molar-refractivity contribution in [3.63, 3.8) is 0 Å². The predicted molar refractivity (Wildman–Crippen MR) is 95.9 cm³/mol. The molecule has 2 rings (SSSR count). The van der Waals surface area contributed by atoms with Crippen molar-refractivity contribution in [3.8, 4) is 0 Å². The Labute approximate surface area is 142 Å². The lowest BCUT2D eigenvalue weighted by atomic mass is 9.79. The summed E-state index contributed by atoms with van der Waals surface area (Å²) in [5, 5.41) is 5.76. The monoisotopic (exact) mass is 331 g/mol. The van der Waals surface area contributed by atoms with Gasteiger partial charge in [0.05, 0.1) is 5.01 Å². The van der Waals surface area contributed by atoms with Gasteiger partial charge < -0.3 is 11.1 Å². The molecule has 0 saturated carbocycles. The summed E-state index contributed by atoms with van der Waals surface area (Å²) >= 11 is 1.49. The predicted octanol–water partition coefficient (Wildman–Crippen LogP) is 3.13. The van der Waals surface area contributed by atoms with Crippen LogP contribution in [0, 0.1) is 0 Å². The van der Waals surface area contributed by atoms with E-state index in [4.69, 9.17) is 5.73 Å². The maximum atomic E-state index is 12.3. The Balaban J connectivity index is 1.95. The van der Waals surface area contributed by atoms with Gasteiger partial charge in [-0.25, -0.2) is 4.98 Å². The normalized spacial score (nSPS) is 12.9. The van der Waals surface area contributed by atoms with Crippen LogP contribution in [0.3, 0.4) is 0 Å². The van der Waals surface area contributed by atoms with Crippen LogP contribution < -0.4 is 11.1 Å². The third-order valence-corrected chi connectivity index (χ3v) is 4.80. The van der Waals surface area contributed by atoms with E-state index in [0.29, 0.717) is 18.7 Å². The average Bonchev–Trinajstić information content (AvgIpc) is 2.97. The van der Waals surface area contributed by atoms with Crippen LogP contribution >= 0.6 is 11.3 Å². The summed E-state index contributed by atoms with van der Waals surface area (Å²) in [6, 6.07) is 10.5. The van der Waals surface area contributed by atoms with Crippen molar-refractivity contribution in [1.82, 2.24) is 10.3 Å². The first-order valence-electron chi connectivity index (χ1n) is 7.93. The van der Waals surface area contributed by atoms with Crippen LogP contribution in [0.4, 0.5) is 0 Å². The Bertz CT molecular complexity index is 637. The molecule has 0 spiro atoms. The molecule has 0 aliphatic rings. The van der Waals surface area contributed by atoms with E-state index in [9.17, 15) is 4.79 Å². The van der Waals surface area contributed by atoms with Crippen molar-refractivity contribution >= 4 is 17.2 Å². The van der Waals surface area contributed by atoms with Crippen molar-refractivity contribution in [2.75, 3.05) is 6.54 Å². The Morgan fingerprint density at radius 3 is 2.70 bits per heavy atom. The van der Waals surface area contributed by atoms with Crippen LogP contribution in [-0.4, -0.2) is 23.5 Å². The van der Waals surface area contributed by atoms with Crippen molar-refractivity contribution < 1.29 is 4.79 Å². The van der Waals surface area contributed by atoms with Crippen LogP contribution in [0.25, 0.3) is 0 Å². The SMILES string of the molecule is CC(CC(C)(C)c1ccccc1)NC(=O)c1csc(CCN)n1. The number of nitrogens with one attached hydrogen (secondary N) is 1. The van der Waals surface area contributed by atoms with Gasteiger partial charge >= 0.3 is 0 Å². The number of amides is 1. The molecule has 0 aliphatic carbocycles. The summed E-state index contributed by atoms with van der Waals surface area (Å²) in [6.07, 6.45) is 1.58. The second kappa shape index (κ2) is 7.70. The smallest absolute Gasteiger partial charge is 0.270 e. The highest BCUT2D eigenvalue weighted by Gasteiger charge is 2.24. The van der Waals surface area contributed by atoms with Gasteiger partial charge in [-0.3, -0.25) is 4.79 Å². The molecule has 23 heavy (non-hydrogen) atoms. The molecular weight excluding hydrogens is 306 g/mol. The second-order valence-corrected chi connectivity index (χ2v) is 7.44. The van der Waals surface area contributed by atoms with E-state index < -0.39 is 0 Å². The second-order valence-electron chi connectivity index (χ2n) is 6.49. The molecule has 5 heteroatoms. The molecule has 1 amide bonds. The van der Waals surface area contributed by atoms with Gasteiger partial charge in [0, 0.05) is 17.8 Å². The van der Waals surface area contributed by atoms with Crippen molar-refractivity contribution in [2.45, 2.75) is 45.1 Å². The number of nitrogens with zero attached hydrogens (tertiary/aromatic N) is 1. The van der Waals surface area contributed by atoms with Crippen LogP contribution in [0.5, 0.6) is 0 Å². The van der Waals surface area contributed by atoms with Gasteiger partial charge in [0.25, 0.3) is 5.91 Å². The fourth-order valence-corrected chi connectivity index (χ4v) is 3.57. The van der Waals surface area contributed by atoms with E-state index in [0.717, 1.165) is 11.4 Å². The minimum Gasteiger partial charge on any atom is -0.348 e. The lowest BCUT2D eigenvalue weighted by Crippen LogP contribution is -2.37. The molecule has 2 aromatic rings. The topological polar surface area (TPSA) is 68.0 Å². The molecule has 4 nitrogen and oxygen atoms in total. The van der Waals surface area contributed by atoms with E-state index >= 15 is 0 Å². The largest absolute Gasteiger partial charge is 0.348 e. The first-order chi connectivity index (χ1) is 10.9. The standard InChI is InChI=1S/C18H25N3OS/c1-13(11-18(2,3)14-7-5-4-6-8-14)20-17(22)15-12-23-16(21-15)9-10-19/h4-8,12-13H,9-11,19H2,1-3H3,(H,20,22). The number of carbonyl (C=O) groups is 1. The van der Waals surface area contributed by atoms with Gasteiger partial charge in [0.1, 0.15) is 5.69 Å². The molecule has 0 fully saturated rings. The Morgan fingerprint density at radius 1 is 1.35 bits per heavy atom. The van der Waals surface area contributed by atoms with Crippen LogP contribution in [0.15, 0.2) is 35.7 Å². The molecule has 0 radical (unpaired) electrons. The van der Waals surface area contributed by atoms with Crippen molar-refractivity contribution in [2.24, 2.45) is 5.73 Å². The first kappa shape index (κ1) is 17.6. The molecule has 3 N–H and O–H groups in total. The highest BCUT2D eigenvalue weighted by Crippen LogP contribution is 2.28. The maximum Gasteiger partial charge on any atom is 0.270 e. The lowest BCUT2D eigenvalue weighted by molar-refractivity contribution is 0.0930. The summed E-state index contributed by atoms with van der Waals surface area (Å²) in [7, 11) is 0. The van der Waals surface area contributed by atoms with E-state index in [-0.39, 0.29) is 17.4 Å². The molecule has 0 saturated heterocycles. The minimum absolute atomic E-state index is 0.000735. The molecular formula is C18H25N3OS. The van der Waals surface area contributed by atoms with E-state index in [1.165, 1.54) is 16.9 Å². The van der Waals surface area contributed by atoms with E-state index in [2.05, 4.69) is 48.4 Å². The van der Waals surface area contributed by atoms with Crippen molar-refractivity contribution in [1.29, 1.82) is 0 Å². The zero-order valence-corrected chi connectivity index (χ0v) is 14.8. The first-order valence-corrected chi connectivity index (χ1v) is 8.81. The van der Waals surface area contributed by atoms with Gasteiger partial charge in [0.15, 0.2) is 0 Å². The Hall–Kier alpha value is -1.72. The quantitative estimate of drug-likeness (QED) is 0.819. The molecule has 0 aliphatic heterocycles. The summed E-state index contributed by atoms with van der Waals surface area (Å²) in [5.74, 6) is -0.110. The molecule has 0 bridgehead atoms. The third kappa shape index (κ3) is 4.88. The number of hydrogen-bond acceptors (Lipinski definition) is 4. The van der Waals surface area contributed by atoms with E-state index in [1.54, 1.807) is 5.38 Å². The number of carbonyl (C=O) groups excluding carboxylic acids is 1. The average molecular weight is 331 g/mol. The highest BCUT2D eigenvalue weighted by molar-refractivity contribution is 7.09. The summed E-state index contributed by atoms with van der Waals surface area (Å²) in [4.78, 5) is 16.6. The molecule has 1 unspecified atom stereocenters. The highest BCUT2D eigenvalue weighted by atomic mass is 32.1. The van der Waals surface area contributed by atoms with Crippen LogP contribution in [-0.2, 0) is 11.8 Å². The van der Waals surface area contributed by atoms with Crippen molar-refractivity contribution in [3.05, 3.63) is 52.0 Å². The Morgan fingerprint density at radius 2 is 2.04 bits per heavy atom. The minimum atomic E-state index is -0.110. The molecule has 124 valence electrons. The lowest BCUT2D eigenvalue weighted by Gasteiger charge is -2.29. The molecule has 1 aromatic carbocycles. The zero-order valence-electron chi connectivity index (χ0n) is 14.0. The number of benzene rings is 1. The molecule has 1 heterocycles. The fourth-order valence-electron chi connectivity index (χ4n) is 2.77. The fraction of sp³-hybridized carbons (Fsp3) is 0.444. The molecule has 1 atom stereocenters. The third-order valence-electron chi connectivity index (χ3n) is 3.89. The summed E-state index contributed by atoms with van der Waals surface area (Å²) in [6.45, 7) is 6.99. The summed E-state index contributed by atoms with van der Waals surface area (Å²) in [5.41, 5.74) is 7.28. The number of aromatic nitrogens is 1.